The second-order valence-electron chi connectivity index (χ2n) is 6.43. The summed E-state index contributed by atoms with van der Waals surface area (Å²) < 4.78 is 0. The van der Waals surface area contributed by atoms with Crippen LogP contribution in [0.2, 0.25) is 0 Å². The van der Waals surface area contributed by atoms with Gasteiger partial charge in [-0.05, 0) is 44.2 Å². The summed E-state index contributed by atoms with van der Waals surface area (Å²) >= 11 is 0. The number of halogens is 2. The van der Waals surface area contributed by atoms with Gasteiger partial charge in [-0.3, -0.25) is 9.59 Å². The van der Waals surface area contributed by atoms with Crippen LogP contribution >= 0.6 is 24.8 Å². The van der Waals surface area contributed by atoms with E-state index in [2.05, 4.69) is 10.3 Å². The minimum atomic E-state index is -0.610. The highest BCUT2D eigenvalue weighted by Crippen LogP contribution is 2.35. The quantitative estimate of drug-likeness (QED) is 0.845. The van der Waals surface area contributed by atoms with Crippen LogP contribution in [0.4, 0.5) is 5.82 Å². The molecule has 1 saturated heterocycles. The third kappa shape index (κ3) is 4.59. The lowest BCUT2D eigenvalue weighted by Crippen LogP contribution is -2.49. The number of anilines is 1. The van der Waals surface area contributed by atoms with Crippen molar-refractivity contribution in [2.45, 2.75) is 38.1 Å². The number of likely N-dealkylation sites (tertiary alicyclic amines) is 1. The number of carbonyl (C=O) groups is 2. The second-order valence-corrected chi connectivity index (χ2v) is 6.43. The molecule has 0 unspecified atom stereocenters. The lowest BCUT2D eigenvalue weighted by molar-refractivity contribution is -0.136. The number of pyridine rings is 1. The van der Waals surface area contributed by atoms with Gasteiger partial charge in [0.25, 0.3) is 0 Å². The van der Waals surface area contributed by atoms with Gasteiger partial charge in [0.2, 0.25) is 11.8 Å². The molecule has 2 aliphatic rings. The number of hydrogen-bond donors (Lipinski definition) is 2. The van der Waals surface area contributed by atoms with Crippen molar-refractivity contribution < 1.29 is 9.59 Å². The van der Waals surface area contributed by atoms with Gasteiger partial charge in [-0.25, -0.2) is 4.98 Å². The highest BCUT2D eigenvalue weighted by molar-refractivity contribution is 5.92. The highest BCUT2D eigenvalue weighted by atomic mass is 35.5. The van der Waals surface area contributed by atoms with Crippen LogP contribution in [-0.2, 0) is 9.59 Å². The molecule has 1 aliphatic heterocycles. The molecule has 3 rings (SSSR count). The Bertz CT molecular complexity index is 582. The normalized spacial score (nSPS) is 18.8. The maximum absolute atomic E-state index is 12.3. The second kappa shape index (κ2) is 8.14. The Balaban J connectivity index is 0.00000144. The van der Waals surface area contributed by atoms with Crippen molar-refractivity contribution in [3.8, 4) is 0 Å². The largest absolute Gasteiger partial charge is 0.341 e. The van der Waals surface area contributed by atoms with Crippen molar-refractivity contribution in [2.24, 2.45) is 11.7 Å². The van der Waals surface area contributed by atoms with Crippen molar-refractivity contribution in [3.05, 3.63) is 23.9 Å². The molecule has 24 heavy (non-hydrogen) atoms. The van der Waals surface area contributed by atoms with Crippen molar-refractivity contribution in [2.75, 3.05) is 18.4 Å². The van der Waals surface area contributed by atoms with Crippen LogP contribution in [0.1, 0.15) is 31.2 Å². The Hall–Kier alpha value is -1.37. The molecule has 8 heteroatoms. The Morgan fingerprint density at radius 3 is 2.38 bits per heavy atom. The van der Waals surface area contributed by atoms with Crippen molar-refractivity contribution in [1.82, 2.24) is 9.88 Å². The molecule has 134 valence electrons. The molecular weight excluding hydrogens is 351 g/mol. The predicted octanol–water partition coefficient (Wildman–Crippen LogP) is 1.90. The first-order valence-electron chi connectivity index (χ1n) is 7.80. The molecule has 1 aromatic heterocycles. The van der Waals surface area contributed by atoms with E-state index in [0.29, 0.717) is 31.7 Å². The maximum atomic E-state index is 12.3. The van der Waals surface area contributed by atoms with Gasteiger partial charge in [-0.15, -0.1) is 24.8 Å². The Labute approximate surface area is 154 Å². The Morgan fingerprint density at radius 2 is 1.88 bits per heavy atom. The van der Waals surface area contributed by atoms with E-state index in [9.17, 15) is 9.59 Å². The standard InChI is InChI=1S/C16H22N4O2.2ClH/c1-11-2-3-13(18-10-11)19-14(21)12-4-8-20(9-5-12)15(22)16(17)6-7-16;;/h2-3,10,12H,4-9,17H2,1H3,(H,18,19,21);2*1H. The highest BCUT2D eigenvalue weighted by Gasteiger charge is 2.48. The first-order chi connectivity index (χ1) is 10.5. The number of nitrogens with one attached hydrogen (secondary N) is 1. The lowest BCUT2D eigenvalue weighted by Gasteiger charge is -2.33. The zero-order valence-electron chi connectivity index (χ0n) is 13.7. The number of amides is 2. The average Bonchev–Trinajstić information content (AvgIpc) is 3.28. The molecule has 0 atom stereocenters. The summed E-state index contributed by atoms with van der Waals surface area (Å²) in [6, 6.07) is 3.72. The first-order valence-corrected chi connectivity index (χ1v) is 7.80. The number of nitrogens with two attached hydrogens (primary N) is 1. The summed E-state index contributed by atoms with van der Waals surface area (Å²) in [5, 5.41) is 2.85. The van der Waals surface area contributed by atoms with Crippen LogP contribution in [0.15, 0.2) is 18.3 Å². The van der Waals surface area contributed by atoms with E-state index in [4.69, 9.17) is 5.73 Å². The van der Waals surface area contributed by atoms with Gasteiger partial charge in [-0.1, -0.05) is 6.07 Å². The SMILES string of the molecule is Cc1ccc(NC(=O)C2CCN(C(=O)C3(N)CC3)CC2)nc1.Cl.Cl. The van der Waals surface area contributed by atoms with Gasteiger partial charge in [-0.2, -0.15) is 0 Å². The molecule has 6 nitrogen and oxygen atoms in total. The van der Waals surface area contributed by atoms with Crippen LogP contribution < -0.4 is 11.1 Å². The van der Waals surface area contributed by atoms with Crippen LogP contribution in [0.3, 0.4) is 0 Å². The molecule has 0 spiro atoms. The van der Waals surface area contributed by atoms with E-state index < -0.39 is 5.54 Å². The number of nitrogens with zero attached hydrogens (tertiary/aromatic N) is 2. The Kier molecular flexibility index (Phi) is 7.01. The number of piperidine rings is 1. The minimum absolute atomic E-state index is 0. The Morgan fingerprint density at radius 1 is 1.25 bits per heavy atom. The molecule has 1 saturated carbocycles. The molecule has 2 fully saturated rings. The lowest BCUT2D eigenvalue weighted by atomic mass is 9.95. The summed E-state index contributed by atoms with van der Waals surface area (Å²) in [7, 11) is 0. The van der Waals surface area contributed by atoms with Gasteiger partial charge in [0, 0.05) is 25.2 Å². The number of rotatable bonds is 3. The molecular formula is C16H24Cl2N4O2. The van der Waals surface area contributed by atoms with Crippen LogP contribution in [0.25, 0.3) is 0 Å². The average molecular weight is 375 g/mol. The number of aryl methyl sites for hydroxylation is 1. The van der Waals surface area contributed by atoms with Crippen molar-refractivity contribution in [1.29, 1.82) is 0 Å². The predicted molar refractivity (Wildman–Crippen MR) is 97.6 cm³/mol. The smallest absolute Gasteiger partial charge is 0.242 e. The van der Waals surface area contributed by atoms with Crippen LogP contribution in [0, 0.1) is 12.8 Å². The zero-order valence-corrected chi connectivity index (χ0v) is 15.3. The van der Waals surface area contributed by atoms with E-state index in [1.165, 1.54) is 0 Å². The van der Waals surface area contributed by atoms with Crippen LogP contribution in [0.5, 0.6) is 0 Å². The van der Waals surface area contributed by atoms with Gasteiger partial charge in [0.1, 0.15) is 5.82 Å². The van der Waals surface area contributed by atoms with Gasteiger partial charge in [0.05, 0.1) is 5.54 Å². The molecule has 3 N–H and O–H groups in total. The molecule has 1 aromatic rings. The van der Waals surface area contributed by atoms with E-state index in [-0.39, 0.29) is 42.5 Å². The summed E-state index contributed by atoms with van der Waals surface area (Å²) in [4.78, 5) is 30.4. The summed E-state index contributed by atoms with van der Waals surface area (Å²) in [6.07, 6.45) is 4.66. The third-order valence-electron chi connectivity index (χ3n) is 4.53. The van der Waals surface area contributed by atoms with E-state index in [0.717, 1.165) is 18.4 Å². The maximum Gasteiger partial charge on any atom is 0.242 e. The summed E-state index contributed by atoms with van der Waals surface area (Å²) in [6.45, 7) is 3.17. The first kappa shape index (κ1) is 20.7. The zero-order chi connectivity index (χ0) is 15.7. The fraction of sp³-hybridized carbons (Fsp3) is 0.562. The molecule has 2 amide bonds. The van der Waals surface area contributed by atoms with Crippen LogP contribution in [-0.4, -0.2) is 40.3 Å². The molecule has 0 bridgehead atoms. The van der Waals surface area contributed by atoms with E-state index in [1.807, 2.05) is 13.0 Å². The molecule has 1 aliphatic carbocycles. The monoisotopic (exact) mass is 374 g/mol. The number of carbonyl (C=O) groups excluding carboxylic acids is 2. The third-order valence-corrected chi connectivity index (χ3v) is 4.53. The van der Waals surface area contributed by atoms with Gasteiger partial charge < -0.3 is 16.0 Å². The van der Waals surface area contributed by atoms with Gasteiger partial charge >= 0.3 is 0 Å². The minimum Gasteiger partial charge on any atom is -0.341 e. The summed E-state index contributed by atoms with van der Waals surface area (Å²) in [5.74, 6) is 0.539. The molecule has 2 heterocycles. The van der Waals surface area contributed by atoms with E-state index >= 15 is 0 Å². The number of hydrogen-bond acceptors (Lipinski definition) is 4. The fourth-order valence-electron chi connectivity index (χ4n) is 2.78. The molecule has 0 aromatic carbocycles. The summed E-state index contributed by atoms with van der Waals surface area (Å²) in [5.41, 5.74) is 6.40. The molecule has 0 radical (unpaired) electrons. The number of aromatic nitrogens is 1. The van der Waals surface area contributed by atoms with Crippen molar-refractivity contribution >= 4 is 42.4 Å². The van der Waals surface area contributed by atoms with E-state index in [1.54, 1.807) is 17.2 Å². The topological polar surface area (TPSA) is 88.3 Å². The fourth-order valence-corrected chi connectivity index (χ4v) is 2.78. The van der Waals surface area contributed by atoms with Gasteiger partial charge in [0.15, 0.2) is 0 Å². The van der Waals surface area contributed by atoms with Crippen molar-refractivity contribution in [3.63, 3.8) is 0 Å².